The zero-order valence-electron chi connectivity index (χ0n) is 17.5. The van der Waals surface area contributed by atoms with E-state index in [1.165, 1.54) is 0 Å². The molecule has 0 saturated heterocycles. The molecule has 1 rings (SSSR count). The molecule has 7 nitrogen and oxygen atoms in total. The summed E-state index contributed by atoms with van der Waals surface area (Å²) in [5.41, 5.74) is 1.34. The molecule has 0 aliphatic rings. The second-order valence-corrected chi connectivity index (χ2v) is 7.51. The molecule has 8 heteroatoms. The van der Waals surface area contributed by atoms with E-state index >= 15 is 0 Å². The van der Waals surface area contributed by atoms with Crippen molar-refractivity contribution < 1.29 is 14.6 Å². The summed E-state index contributed by atoms with van der Waals surface area (Å²) in [6.45, 7) is 11.7. The molecule has 0 aromatic heterocycles. The zero-order valence-corrected chi connectivity index (χ0v) is 19.9. The fourth-order valence-electron chi connectivity index (χ4n) is 2.15. The molecule has 1 aromatic carbocycles. The molecule has 4 N–H and O–H groups in total. The molecule has 160 valence electrons. The van der Waals surface area contributed by atoms with Crippen molar-refractivity contribution in [1.82, 2.24) is 10.6 Å². The molecule has 0 bridgehead atoms. The Balaban J connectivity index is 0.00000729. The number of hydrogen-bond donors (Lipinski definition) is 4. The maximum Gasteiger partial charge on any atom is 0.412 e. The van der Waals surface area contributed by atoms with E-state index in [1.807, 2.05) is 58.9 Å². The SMILES string of the molecule is CCNC(=NCC(C)CO)NCCc1ccc(NC(=O)OC(C)(C)C)cc1.I. The number of halogens is 1. The molecule has 0 fully saturated rings. The summed E-state index contributed by atoms with van der Waals surface area (Å²) in [5, 5.41) is 18.3. The number of nitrogens with zero attached hydrogens (tertiary/aromatic N) is 1. The summed E-state index contributed by atoms with van der Waals surface area (Å²) in [4.78, 5) is 16.2. The number of carbonyl (C=O) groups is 1. The lowest BCUT2D eigenvalue weighted by Crippen LogP contribution is -2.38. The van der Waals surface area contributed by atoms with Crippen molar-refractivity contribution in [3.63, 3.8) is 0 Å². The predicted molar refractivity (Wildman–Crippen MR) is 126 cm³/mol. The number of aliphatic hydroxyl groups excluding tert-OH is 1. The lowest BCUT2D eigenvalue weighted by Gasteiger charge is -2.19. The minimum Gasteiger partial charge on any atom is -0.444 e. The van der Waals surface area contributed by atoms with Crippen molar-refractivity contribution >= 4 is 41.7 Å². The summed E-state index contributed by atoms with van der Waals surface area (Å²) >= 11 is 0. The van der Waals surface area contributed by atoms with Gasteiger partial charge in [0.1, 0.15) is 5.60 Å². The number of guanidine groups is 1. The normalized spacial score (nSPS) is 12.6. The fourth-order valence-corrected chi connectivity index (χ4v) is 2.15. The fraction of sp³-hybridized carbons (Fsp3) is 0.600. The van der Waals surface area contributed by atoms with Gasteiger partial charge in [0.2, 0.25) is 0 Å². The van der Waals surface area contributed by atoms with Crippen LogP contribution in [0.25, 0.3) is 0 Å². The van der Waals surface area contributed by atoms with Crippen LogP contribution in [-0.2, 0) is 11.2 Å². The average Bonchev–Trinajstić information content (AvgIpc) is 2.59. The molecule has 0 aliphatic carbocycles. The Bertz CT molecular complexity index is 600. The van der Waals surface area contributed by atoms with E-state index in [9.17, 15) is 4.79 Å². The number of aliphatic hydroxyl groups is 1. The third-order valence-electron chi connectivity index (χ3n) is 3.52. The molecule has 1 amide bonds. The highest BCUT2D eigenvalue weighted by atomic mass is 127. The molecular weight excluding hydrogens is 471 g/mol. The van der Waals surface area contributed by atoms with E-state index in [-0.39, 0.29) is 36.5 Å². The first-order chi connectivity index (χ1) is 12.7. The summed E-state index contributed by atoms with van der Waals surface area (Å²) in [7, 11) is 0. The first kappa shape index (κ1) is 26.4. The molecule has 28 heavy (non-hydrogen) atoms. The molecule has 1 unspecified atom stereocenters. The van der Waals surface area contributed by atoms with Crippen molar-refractivity contribution in [3.8, 4) is 0 Å². The minimum absolute atomic E-state index is 0. The van der Waals surface area contributed by atoms with Crippen LogP contribution in [0.2, 0.25) is 0 Å². The van der Waals surface area contributed by atoms with Gasteiger partial charge >= 0.3 is 6.09 Å². The van der Waals surface area contributed by atoms with Gasteiger partial charge in [0.15, 0.2) is 5.96 Å². The van der Waals surface area contributed by atoms with Crippen LogP contribution < -0.4 is 16.0 Å². The van der Waals surface area contributed by atoms with Gasteiger partial charge in [-0.05, 0) is 57.7 Å². The first-order valence-corrected chi connectivity index (χ1v) is 9.45. The Hall–Kier alpha value is -1.55. The van der Waals surface area contributed by atoms with Crippen LogP contribution in [0.1, 0.15) is 40.2 Å². The Kier molecular flexibility index (Phi) is 12.8. The molecule has 1 atom stereocenters. The van der Waals surface area contributed by atoms with E-state index in [1.54, 1.807) is 0 Å². The molecule has 0 radical (unpaired) electrons. The van der Waals surface area contributed by atoms with Gasteiger partial charge in [0.25, 0.3) is 0 Å². The van der Waals surface area contributed by atoms with Crippen molar-refractivity contribution in [2.45, 2.75) is 46.6 Å². The van der Waals surface area contributed by atoms with E-state index < -0.39 is 11.7 Å². The summed E-state index contributed by atoms with van der Waals surface area (Å²) in [6.07, 6.45) is 0.368. The smallest absolute Gasteiger partial charge is 0.412 e. The number of hydrogen-bond acceptors (Lipinski definition) is 4. The maximum atomic E-state index is 11.8. The van der Waals surface area contributed by atoms with Crippen LogP contribution >= 0.6 is 24.0 Å². The Morgan fingerprint density at radius 3 is 2.39 bits per heavy atom. The van der Waals surface area contributed by atoms with Gasteiger partial charge in [0.05, 0.1) is 0 Å². The van der Waals surface area contributed by atoms with Crippen molar-refractivity contribution in [3.05, 3.63) is 29.8 Å². The number of amides is 1. The van der Waals surface area contributed by atoms with E-state index in [0.29, 0.717) is 12.2 Å². The number of nitrogens with one attached hydrogen (secondary N) is 3. The van der Waals surface area contributed by atoms with Crippen LogP contribution in [0.3, 0.4) is 0 Å². The topological polar surface area (TPSA) is 95.0 Å². The second kappa shape index (κ2) is 13.6. The average molecular weight is 506 g/mol. The largest absolute Gasteiger partial charge is 0.444 e. The van der Waals surface area contributed by atoms with Gasteiger partial charge in [-0.25, -0.2) is 4.79 Å². The Labute approximate surface area is 185 Å². The van der Waals surface area contributed by atoms with Crippen molar-refractivity contribution in [2.75, 3.05) is 31.6 Å². The van der Waals surface area contributed by atoms with Gasteiger partial charge < -0.3 is 20.5 Å². The van der Waals surface area contributed by atoms with Crippen molar-refractivity contribution in [1.29, 1.82) is 0 Å². The summed E-state index contributed by atoms with van der Waals surface area (Å²) < 4.78 is 5.24. The van der Waals surface area contributed by atoms with E-state index in [2.05, 4.69) is 20.9 Å². The Morgan fingerprint density at radius 1 is 1.21 bits per heavy atom. The lowest BCUT2D eigenvalue weighted by molar-refractivity contribution is 0.0636. The molecule has 0 spiro atoms. The number of rotatable bonds is 8. The number of aliphatic imine (C=N–C) groups is 1. The monoisotopic (exact) mass is 506 g/mol. The summed E-state index contributed by atoms with van der Waals surface area (Å²) in [5.74, 6) is 0.895. The Morgan fingerprint density at radius 2 is 1.86 bits per heavy atom. The molecule has 0 aliphatic heterocycles. The van der Waals surface area contributed by atoms with Gasteiger partial charge in [-0.3, -0.25) is 10.3 Å². The van der Waals surface area contributed by atoms with Crippen molar-refractivity contribution in [2.24, 2.45) is 10.9 Å². The number of carbonyl (C=O) groups excluding carboxylic acids is 1. The quantitative estimate of drug-likeness (QED) is 0.247. The van der Waals surface area contributed by atoms with E-state index in [0.717, 1.165) is 31.0 Å². The molecule has 0 heterocycles. The second-order valence-electron chi connectivity index (χ2n) is 7.51. The van der Waals surface area contributed by atoms with Gasteiger partial charge in [-0.15, -0.1) is 24.0 Å². The standard InChI is InChI=1S/C20H34N4O3.HI/c1-6-21-18(23-13-15(2)14-25)22-12-11-16-7-9-17(10-8-16)24-19(26)27-20(3,4)5;/h7-10,15,25H,6,11-14H2,1-5H3,(H,24,26)(H2,21,22,23);1H. The van der Waals surface area contributed by atoms with Crippen LogP contribution in [0.4, 0.5) is 10.5 Å². The zero-order chi connectivity index (χ0) is 20.3. The van der Waals surface area contributed by atoms with Crippen LogP contribution in [0.5, 0.6) is 0 Å². The third-order valence-corrected chi connectivity index (χ3v) is 3.52. The number of anilines is 1. The van der Waals surface area contributed by atoms with Crippen LogP contribution in [0.15, 0.2) is 29.3 Å². The highest BCUT2D eigenvalue weighted by Gasteiger charge is 2.16. The predicted octanol–water partition coefficient (Wildman–Crippen LogP) is 3.38. The molecular formula is C20H35IN4O3. The third kappa shape index (κ3) is 12.0. The number of benzene rings is 1. The highest BCUT2D eigenvalue weighted by Crippen LogP contribution is 2.13. The minimum atomic E-state index is -0.517. The van der Waals surface area contributed by atoms with E-state index in [4.69, 9.17) is 9.84 Å². The van der Waals surface area contributed by atoms with Crippen LogP contribution in [-0.4, -0.2) is 49.0 Å². The first-order valence-electron chi connectivity index (χ1n) is 9.45. The molecule has 0 saturated carbocycles. The van der Waals surface area contributed by atoms with Gasteiger partial charge in [-0.2, -0.15) is 0 Å². The highest BCUT2D eigenvalue weighted by molar-refractivity contribution is 14.0. The molecule has 1 aromatic rings. The van der Waals surface area contributed by atoms with Crippen LogP contribution in [0, 0.1) is 5.92 Å². The maximum absolute atomic E-state index is 11.8. The number of ether oxygens (including phenoxy) is 1. The lowest BCUT2D eigenvalue weighted by atomic mass is 10.1. The summed E-state index contributed by atoms with van der Waals surface area (Å²) in [6, 6.07) is 7.68. The van der Waals surface area contributed by atoms with Gasteiger partial charge in [-0.1, -0.05) is 19.1 Å². The van der Waals surface area contributed by atoms with Gasteiger partial charge in [0, 0.05) is 31.9 Å².